The zero-order valence-corrected chi connectivity index (χ0v) is 16.5. The minimum Gasteiger partial charge on any atom is -0.437 e. The summed E-state index contributed by atoms with van der Waals surface area (Å²) in [6, 6.07) is 12.1. The van der Waals surface area contributed by atoms with E-state index in [0.29, 0.717) is 5.75 Å². The number of aromatic nitrogens is 5. The Kier molecular flexibility index (Phi) is 4.62. The molecule has 0 aliphatic rings. The lowest BCUT2D eigenvalue weighted by atomic mass is 10.1. The second-order valence-electron chi connectivity index (χ2n) is 6.90. The summed E-state index contributed by atoms with van der Waals surface area (Å²) in [5.74, 6) is 0.876. The van der Waals surface area contributed by atoms with Gasteiger partial charge in [0, 0.05) is 24.1 Å². The van der Waals surface area contributed by atoms with E-state index in [-0.39, 0.29) is 28.9 Å². The maximum atomic E-state index is 12.9. The number of hydrogen-bond acceptors (Lipinski definition) is 6. The molecule has 5 rings (SSSR count). The summed E-state index contributed by atoms with van der Waals surface area (Å²) in [4.78, 5) is 12.5. The van der Waals surface area contributed by atoms with Crippen molar-refractivity contribution >= 4 is 10.9 Å². The first-order valence-electron chi connectivity index (χ1n) is 9.35. The second-order valence-corrected chi connectivity index (χ2v) is 6.90. The number of alkyl halides is 3. The summed E-state index contributed by atoms with van der Waals surface area (Å²) in [6.45, 7) is 0. The molecular weight excluding hydrogens is 423 g/mol. The van der Waals surface area contributed by atoms with E-state index in [9.17, 15) is 13.2 Å². The van der Waals surface area contributed by atoms with E-state index >= 15 is 0 Å². The average molecular weight is 436 g/mol. The zero-order chi connectivity index (χ0) is 22.3. The third kappa shape index (κ3) is 3.78. The summed E-state index contributed by atoms with van der Waals surface area (Å²) >= 11 is 0. The van der Waals surface area contributed by atoms with E-state index in [1.54, 1.807) is 0 Å². The Hall–Kier alpha value is -4.21. The summed E-state index contributed by atoms with van der Waals surface area (Å²) < 4.78 is 51.5. The Morgan fingerprint density at radius 2 is 1.94 bits per heavy atom. The summed E-state index contributed by atoms with van der Waals surface area (Å²) in [7, 11) is 1.89. The Balaban J connectivity index is 1.35. The van der Waals surface area contributed by atoms with Crippen LogP contribution in [0.15, 0.2) is 65.4 Å². The van der Waals surface area contributed by atoms with Gasteiger partial charge in [0.1, 0.15) is 11.4 Å². The Morgan fingerprint density at radius 3 is 2.72 bits per heavy atom. The fraction of sp³-hybridized carbons (Fsp3) is 0.0909. The van der Waals surface area contributed by atoms with Crippen molar-refractivity contribution in [3.05, 3.63) is 72.7 Å². The molecular formula is C22H13F3N5O2. The van der Waals surface area contributed by atoms with Crippen LogP contribution in [0.4, 0.5) is 13.2 Å². The SMILES string of the molecule is Cn1[c]cc2ccc(Oc3cnc(-c4nc(-c5cccc(C(F)(F)F)c5)no4)cn3)cc21. The smallest absolute Gasteiger partial charge is 0.416 e. The van der Waals surface area contributed by atoms with Gasteiger partial charge >= 0.3 is 6.18 Å². The molecule has 0 amide bonds. The normalized spacial score (nSPS) is 11.8. The van der Waals surface area contributed by atoms with Crippen molar-refractivity contribution in [2.75, 3.05) is 0 Å². The predicted octanol–water partition coefficient (Wildman–Crippen LogP) is 5.30. The Bertz CT molecular complexity index is 1410. The summed E-state index contributed by atoms with van der Waals surface area (Å²) in [5, 5.41) is 4.79. The van der Waals surface area contributed by atoms with Gasteiger partial charge in [-0.2, -0.15) is 18.2 Å². The fourth-order valence-corrected chi connectivity index (χ4v) is 3.11. The zero-order valence-electron chi connectivity index (χ0n) is 16.5. The first-order valence-corrected chi connectivity index (χ1v) is 9.35. The van der Waals surface area contributed by atoms with Crippen LogP contribution in [-0.2, 0) is 13.2 Å². The summed E-state index contributed by atoms with van der Waals surface area (Å²) in [6.07, 6.45) is 1.38. The Labute approximate surface area is 179 Å². The van der Waals surface area contributed by atoms with Gasteiger partial charge < -0.3 is 13.8 Å². The molecule has 3 aromatic heterocycles. The molecule has 0 saturated carbocycles. The molecule has 1 radical (unpaired) electrons. The first-order chi connectivity index (χ1) is 15.4. The van der Waals surface area contributed by atoms with E-state index in [1.165, 1.54) is 24.5 Å². The highest BCUT2D eigenvalue weighted by Gasteiger charge is 2.30. The second kappa shape index (κ2) is 7.49. The number of hydrogen-bond donors (Lipinski definition) is 0. The largest absolute Gasteiger partial charge is 0.437 e. The van der Waals surface area contributed by atoms with E-state index in [2.05, 4.69) is 26.3 Å². The summed E-state index contributed by atoms with van der Waals surface area (Å²) in [5.41, 5.74) is 0.598. The van der Waals surface area contributed by atoms with Crippen molar-refractivity contribution < 1.29 is 22.4 Å². The van der Waals surface area contributed by atoms with Gasteiger partial charge in [-0.25, -0.2) is 9.97 Å². The minimum atomic E-state index is -4.47. The third-order valence-electron chi connectivity index (χ3n) is 4.72. The van der Waals surface area contributed by atoms with Gasteiger partial charge in [0.05, 0.1) is 29.7 Å². The highest BCUT2D eigenvalue weighted by atomic mass is 19.4. The molecule has 0 atom stereocenters. The van der Waals surface area contributed by atoms with Crippen LogP contribution < -0.4 is 4.74 Å². The van der Waals surface area contributed by atoms with E-state index in [4.69, 9.17) is 9.26 Å². The highest BCUT2D eigenvalue weighted by molar-refractivity contribution is 5.81. The van der Waals surface area contributed by atoms with Crippen molar-refractivity contribution in [2.24, 2.45) is 7.05 Å². The molecule has 0 unspecified atom stereocenters. The fourth-order valence-electron chi connectivity index (χ4n) is 3.11. The maximum absolute atomic E-state index is 12.9. The maximum Gasteiger partial charge on any atom is 0.416 e. The molecule has 0 aliphatic carbocycles. The van der Waals surface area contributed by atoms with Gasteiger partial charge in [0.2, 0.25) is 11.7 Å². The number of fused-ring (bicyclic) bond motifs is 1. The number of benzene rings is 2. The van der Waals surface area contributed by atoms with E-state index in [0.717, 1.165) is 23.0 Å². The number of rotatable bonds is 4. The molecule has 0 N–H and O–H groups in total. The lowest BCUT2D eigenvalue weighted by molar-refractivity contribution is -0.137. The molecule has 0 saturated heterocycles. The van der Waals surface area contributed by atoms with Crippen LogP contribution in [0, 0.1) is 6.20 Å². The lowest BCUT2D eigenvalue weighted by Gasteiger charge is -2.06. The van der Waals surface area contributed by atoms with Gasteiger partial charge in [0.25, 0.3) is 5.89 Å². The Morgan fingerprint density at radius 1 is 1.06 bits per heavy atom. The van der Waals surface area contributed by atoms with Gasteiger partial charge in [0.15, 0.2) is 0 Å². The van der Waals surface area contributed by atoms with Crippen molar-refractivity contribution in [2.45, 2.75) is 6.18 Å². The molecule has 32 heavy (non-hydrogen) atoms. The lowest BCUT2D eigenvalue weighted by Crippen LogP contribution is -2.04. The molecule has 0 fully saturated rings. The standard InChI is InChI=1S/C22H13F3N5O2/c1-30-8-7-13-5-6-16(10-18(13)30)31-19-12-26-17(11-27-19)21-28-20(29-32-21)14-3-2-4-15(9-14)22(23,24)25/h2-7,9-12H,1H3. The quantitative estimate of drug-likeness (QED) is 0.381. The molecule has 7 nitrogen and oxygen atoms in total. The van der Waals surface area contributed by atoms with Gasteiger partial charge in [-0.1, -0.05) is 17.3 Å². The number of nitrogens with zero attached hydrogens (tertiary/aromatic N) is 5. The molecule has 3 heterocycles. The third-order valence-corrected chi connectivity index (χ3v) is 4.72. The number of aryl methyl sites for hydroxylation is 1. The molecule has 0 bridgehead atoms. The van der Waals surface area contributed by atoms with Gasteiger partial charge in [-0.3, -0.25) is 0 Å². The molecule has 10 heteroatoms. The number of ether oxygens (including phenoxy) is 1. The molecule has 2 aromatic carbocycles. The molecule has 0 aliphatic heterocycles. The van der Waals surface area contributed by atoms with Crippen molar-refractivity contribution in [3.63, 3.8) is 0 Å². The number of halogens is 3. The average Bonchev–Trinajstić information content (AvgIpc) is 3.42. The van der Waals surface area contributed by atoms with Crippen LogP contribution in [-0.4, -0.2) is 24.7 Å². The van der Waals surface area contributed by atoms with Gasteiger partial charge in [-0.15, -0.1) is 0 Å². The first kappa shape index (κ1) is 19.7. The van der Waals surface area contributed by atoms with E-state index < -0.39 is 11.7 Å². The van der Waals surface area contributed by atoms with Crippen LogP contribution in [0.2, 0.25) is 0 Å². The van der Waals surface area contributed by atoms with Crippen molar-refractivity contribution in [1.29, 1.82) is 0 Å². The van der Waals surface area contributed by atoms with Gasteiger partial charge in [-0.05, 0) is 30.3 Å². The minimum absolute atomic E-state index is 0.0147. The van der Waals surface area contributed by atoms with E-state index in [1.807, 2.05) is 35.9 Å². The molecule has 0 spiro atoms. The molecule has 5 aromatic rings. The van der Waals surface area contributed by atoms with Crippen LogP contribution >= 0.6 is 0 Å². The van der Waals surface area contributed by atoms with Crippen LogP contribution in [0.3, 0.4) is 0 Å². The predicted molar refractivity (Wildman–Crippen MR) is 108 cm³/mol. The topological polar surface area (TPSA) is 78.9 Å². The van der Waals surface area contributed by atoms with Crippen molar-refractivity contribution in [1.82, 2.24) is 24.7 Å². The van der Waals surface area contributed by atoms with Crippen molar-refractivity contribution in [3.8, 4) is 34.6 Å². The van der Waals surface area contributed by atoms with Crippen LogP contribution in [0.1, 0.15) is 5.56 Å². The monoisotopic (exact) mass is 436 g/mol. The van der Waals surface area contributed by atoms with Crippen LogP contribution in [0.25, 0.3) is 33.9 Å². The molecule has 159 valence electrons. The highest BCUT2D eigenvalue weighted by Crippen LogP contribution is 2.32. The van der Waals surface area contributed by atoms with Crippen LogP contribution in [0.5, 0.6) is 11.6 Å².